The van der Waals surface area contributed by atoms with Crippen molar-refractivity contribution in [2.24, 2.45) is 0 Å². The zero-order valence-corrected chi connectivity index (χ0v) is 10.2. The van der Waals surface area contributed by atoms with Gasteiger partial charge in [0, 0.05) is 6.42 Å². The molecule has 0 fully saturated rings. The molecule has 2 aromatic carbocycles. The lowest BCUT2D eigenvalue weighted by atomic mass is 10.0. The van der Waals surface area contributed by atoms with Crippen molar-refractivity contribution in [2.45, 2.75) is 6.18 Å². The lowest BCUT2D eigenvalue weighted by Gasteiger charge is -2.08. The molecular formula is C15H12F3O. The summed E-state index contributed by atoms with van der Waals surface area (Å²) in [6, 6.07) is 12.4. The zero-order valence-electron chi connectivity index (χ0n) is 10.2. The van der Waals surface area contributed by atoms with Crippen molar-refractivity contribution in [3.8, 4) is 5.75 Å². The first-order chi connectivity index (χ1) is 8.99. The zero-order chi connectivity index (χ0) is 13.9. The van der Waals surface area contributed by atoms with Gasteiger partial charge in [-0.3, -0.25) is 0 Å². The summed E-state index contributed by atoms with van der Waals surface area (Å²) in [6.07, 6.45) is -2.49. The van der Waals surface area contributed by atoms with E-state index >= 15 is 0 Å². The van der Waals surface area contributed by atoms with Gasteiger partial charge in [0.25, 0.3) is 0 Å². The van der Waals surface area contributed by atoms with Gasteiger partial charge in [0.15, 0.2) is 0 Å². The second kappa shape index (κ2) is 5.34. The molecule has 0 heterocycles. The van der Waals surface area contributed by atoms with Crippen molar-refractivity contribution in [3.63, 3.8) is 0 Å². The smallest absolute Gasteiger partial charge is 0.416 e. The van der Waals surface area contributed by atoms with Crippen LogP contribution in [0.2, 0.25) is 0 Å². The van der Waals surface area contributed by atoms with E-state index < -0.39 is 11.7 Å². The van der Waals surface area contributed by atoms with E-state index in [0.717, 1.165) is 29.0 Å². The maximum atomic E-state index is 12.4. The Hall–Kier alpha value is -1.97. The number of benzene rings is 2. The number of ether oxygens (including phenoxy) is 1. The van der Waals surface area contributed by atoms with Crippen LogP contribution in [-0.2, 0) is 6.18 Å². The summed E-state index contributed by atoms with van der Waals surface area (Å²) >= 11 is 0. The van der Waals surface area contributed by atoms with Gasteiger partial charge in [-0.15, -0.1) is 0 Å². The van der Waals surface area contributed by atoms with Crippen molar-refractivity contribution >= 4 is 0 Å². The minimum atomic E-state index is -4.29. The molecule has 99 valence electrons. The first-order valence-electron chi connectivity index (χ1n) is 5.65. The average molecular weight is 265 g/mol. The summed E-state index contributed by atoms with van der Waals surface area (Å²) < 4.78 is 42.3. The Labute approximate surface area is 109 Å². The third-order valence-corrected chi connectivity index (χ3v) is 2.69. The molecule has 1 nitrogen and oxygen atoms in total. The topological polar surface area (TPSA) is 9.23 Å². The number of rotatable bonds is 3. The van der Waals surface area contributed by atoms with Gasteiger partial charge in [-0.2, -0.15) is 13.2 Å². The average Bonchev–Trinajstić information content (AvgIpc) is 2.39. The van der Waals surface area contributed by atoms with Crippen molar-refractivity contribution in [3.05, 3.63) is 71.6 Å². The number of alkyl halides is 3. The number of halogens is 3. The van der Waals surface area contributed by atoms with E-state index in [1.165, 1.54) is 12.1 Å². The van der Waals surface area contributed by atoms with Crippen molar-refractivity contribution in [1.82, 2.24) is 0 Å². The molecule has 0 spiro atoms. The van der Waals surface area contributed by atoms with E-state index in [1.807, 2.05) is 12.1 Å². The highest BCUT2D eigenvalue weighted by atomic mass is 19.4. The Morgan fingerprint density at radius 3 is 1.74 bits per heavy atom. The van der Waals surface area contributed by atoms with Crippen LogP contribution in [0.5, 0.6) is 5.75 Å². The van der Waals surface area contributed by atoms with E-state index in [0.29, 0.717) is 0 Å². The van der Waals surface area contributed by atoms with Gasteiger partial charge in [0.2, 0.25) is 0 Å². The van der Waals surface area contributed by atoms with Crippen LogP contribution in [0.25, 0.3) is 0 Å². The van der Waals surface area contributed by atoms with E-state index in [2.05, 4.69) is 0 Å². The van der Waals surface area contributed by atoms with Gasteiger partial charge in [-0.25, -0.2) is 0 Å². The van der Waals surface area contributed by atoms with Crippen molar-refractivity contribution in [1.29, 1.82) is 0 Å². The summed E-state index contributed by atoms with van der Waals surface area (Å²) in [7, 11) is 1.58. The predicted octanol–water partition coefficient (Wildman–Crippen LogP) is 4.31. The van der Waals surface area contributed by atoms with Crippen LogP contribution < -0.4 is 4.74 Å². The summed E-state index contributed by atoms with van der Waals surface area (Å²) in [6.45, 7) is 0. The van der Waals surface area contributed by atoms with Crippen molar-refractivity contribution < 1.29 is 17.9 Å². The van der Waals surface area contributed by atoms with Crippen LogP contribution in [0, 0.1) is 6.42 Å². The monoisotopic (exact) mass is 265 g/mol. The van der Waals surface area contributed by atoms with Gasteiger partial charge in [-0.05, 0) is 35.4 Å². The molecule has 4 heteroatoms. The molecule has 0 unspecified atom stereocenters. The lowest BCUT2D eigenvalue weighted by Crippen LogP contribution is -2.04. The molecule has 0 bridgehead atoms. The van der Waals surface area contributed by atoms with Gasteiger partial charge in [-0.1, -0.05) is 24.3 Å². The second-order valence-electron chi connectivity index (χ2n) is 4.04. The summed E-state index contributed by atoms with van der Waals surface area (Å²) in [5, 5.41) is 0. The van der Waals surface area contributed by atoms with Gasteiger partial charge >= 0.3 is 6.18 Å². The molecule has 19 heavy (non-hydrogen) atoms. The Morgan fingerprint density at radius 2 is 1.32 bits per heavy atom. The molecule has 0 aliphatic carbocycles. The number of hydrogen-bond donors (Lipinski definition) is 0. The molecule has 1 radical (unpaired) electrons. The van der Waals surface area contributed by atoms with Crippen LogP contribution in [0.15, 0.2) is 48.5 Å². The predicted molar refractivity (Wildman–Crippen MR) is 66.9 cm³/mol. The fourth-order valence-electron chi connectivity index (χ4n) is 1.66. The summed E-state index contributed by atoms with van der Waals surface area (Å²) in [5.74, 6) is 0.740. The molecule has 0 aliphatic heterocycles. The Morgan fingerprint density at radius 1 is 0.842 bits per heavy atom. The standard InChI is InChI=1S/C15H12F3O/c1-19-14-8-4-12(5-9-14)10-11-2-6-13(7-3-11)15(16,17)18/h2-10H,1H3. The maximum Gasteiger partial charge on any atom is 0.416 e. The summed E-state index contributed by atoms with van der Waals surface area (Å²) in [5.41, 5.74) is 0.984. The molecule has 2 rings (SSSR count). The highest BCUT2D eigenvalue weighted by Gasteiger charge is 2.29. The third-order valence-electron chi connectivity index (χ3n) is 2.69. The molecule has 0 N–H and O–H groups in total. The molecule has 0 amide bonds. The van der Waals surface area contributed by atoms with E-state index in [9.17, 15) is 13.2 Å². The van der Waals surface area contributed by atoms with Crippen LogP contribution in [0.1, 0.15) is 16.7 Å². The Bertz CT molecular complexity index is 527. The van der Waals surface area contributed by atoms with Gasteiger partial charge in [0.05, 0.1) is 12.7 Å². The fraction of sp³-hybridized carbons (Fsp3) is 0.133. The SMILES string of the molecule is COc1ccc([CH]c2ccc(C(F)(F)F)cc2)cc1. The largest absolute Gasteiger partial charge is 0.497 e. The first-order valence-corrected chi connectivity index (χ1v) is 5.65. The lowest BCUT2D eigenvalue weighted by molar-refractivity contribution is -0.137. The molecular weight excluding hydrogens is 253 g/mol. The molecule has 0 aromatic heterocycles. The second-order valence-corrected chi connectivity index (χ2v) is 4.04. The van der Waals surface area contributed by atoms with Crippen molar-refractivity contribution in [2.75, 3.05) is 7.11 Å². The van der Waals surface area contributed by atoms with E-state index in [4.69, 9.17) is 4.74 Å². The number of methoxy groups -OCH3 is 1. The summed E-state index contributed by atoms with van der Waals surface area (Å²) in [4.78, 5) is 0. The molecule has 0 aliphatic rings. The molecule has 2 aromatic rings. The van der Waals surface area contributed by atoms with Crippen LogP contribution in [0.3, 0.4) is 0 Å². The highest BCUT2D eigenvalue weighted by Crippen LogP contribution is 2.29. The minimum absolute atomic E-state index is 0.639. The normalized spacial score (nSPS) is 11.4. The molecule has 0 saturated heterocycles. The molecule has 0 saturated carbocycles. The van der Waals surface area contributed by atoms with E-state index in [1.54, 1.807) is 25.7 Å². The Kier molecular flexibility index (Phi) is 3.79. The highest BCUT2D eigenvalue weighted by molar-refractivity contribution is 5.40. The van der Waals surface area contributed by atoms with Crippen LogP contribution in [-0.4, -0.2) is 7.11 Å². The first kappa shape index (κ1) is 13.5. The quantitative estimate of drug-likeness (QED) is 0.803. The Balaban J connectivity index is 2.10. The van der Waals surface area contributed by atoms with Gasteiger partial charge < -0.3 is 4.74 Å². The van der Waals surface area contributed by atoms with Gasteiger partial charge in [0.1, 0.15) is 5.75 Å². The fourth-order valence-corrected chi connectivity index (χ4v) is 1.66. The van der Waals surface area contributed by atoms with Crippen LogP contribution in [0.4, 0.5) is 13.2 Å². The molecule has 0 atom stereocenters. The third kappa shape index (κ3) is 3.50. The maximum absolute atomic E-state index is 12.4. The number of hydrogen-bond acceptors (Lipinski definition) is 1. The minimum Gasteiger partial charge on any atom is -0.497 e. The van der Waals surface area contributed by atoms with E-state index in [-0.39, 0.29) is 0 Å². The van der Waals surface area contributed by atoms with Crippen LogP contribution >= 0.6 is 0 Å².